The smallest absolute Gasteiger partial charge is 0.343 e. The highest BCUT2D eigenvalue weighted by Crippen LogP contribution is 2.45. The van der Waals surface area contributed by atoms with E-state index in [1.165, 1.54) is 0 Å². The van der Waals surface area contributed by atoms with E-state index in [0.717, 1.165) is 5.57 Å². The normalized spacial score (nSPS) is 11.9. The summed E-state index contributed by atoms with van der Waals surface area (Å²) in [6.07, 6.45) is 2.39. The van der Waals surface area contributed by atoms with Crippen molar-refractivity contribution in [3.63, 3.8) is 0 Å². The third-order valence-electron chi connectivity index (χ3n) is 5.83. The zero-order valence-electron chi connectivity index (χ0n) is 19.5. The summed E-state index contributed by atoms with van der Waals surface area (Å²) >= 11 is 0. The van der Waals surface area contributed by atoms with E-state index in [4.69, 9.17) is 4.42 Å². The van der Waals surface area contributed by atoms with Crippen LogP contribution in [0.2, 0.25) is 0 Å². The number of benzene rings is 1. The lowest BCUT2D eigenvalue weighted by molar-refractivity contribution is 0.0921. The number of rotatable bonds is 8. The standard InChI is InChI=1S/C25H32O7/c1-7-13(5)20(26)19-23(29)15(10-9-12(3)4)22(28)16(24(19)30)11-17-21(27)14(6)18(8-2)32-25(17)31/h9,13,27-30H,7-8,10-11H2,1-6H3/t13-/m0/s1. The van der Waals surface area contributed by atoms with Gasteiger partial charge in [-0.2, -0.15) is 0 Å². The fraction of sp³-hybridized carbons (Fsp3) is 0.440. The number of phenols is 3. The van der Waals surface area contributed by atoms with Crippen LogP contribution in [0.1, 0.15) is 79.4 Å². The van der Waals surface area contributed by atoms with Gasteiger partial charge in [-0.1, -0.05) is 32.4 Å². The topological polar surface area (TPSA) is 128 Å². The Morgan fingerprint density at radius 1 is 0.969 bits per heavy atom. The minimum absolute atomic E-state index is 0.0661. The Kier molecular flexibility index (Phi) is 7.78. The number of carbonyl (C=O) groups excluding carboxylic acids is 1. The van der Waals surface area contributed by atoms with Crippen molar-refractivity contribution in [2.75, 3.05) is 0 Å². The zero-order valence-corrected chi connectivity index (χ0v) is 19.5. The van der Waals surface area contributed by atoms with Crippen LogP contribution < -0.4 is 5.63 Å². The molecule has 1 heterocycles. The minimum atomic E-state index is -0.794. The highest BCUT2D eigenvalue weighted by molar-refractivity contribution is 6.03. The lowest BCUT2D eigenvalue weighted by Crippen LogP contribution is -2.15. The second-order valence-corrected chi connectivity index (χ2v) is 8.33. The summed E-state index contributed by atoms with van der Waals surface area (Å²) in [5.74, 6) is -2.43. The van der Waals surface area contributed by atoms with Crippen molar-refractivity contribution in [2.45, 2.75) is 67.2 Å². The molecule has 1 aromatic heterocycles. The maximum absolute atomic E-state index is 12.9. The van der Waals surface area contributed by atoms with Gasteiger partial charge in [0, 0.05) is 35.4 Å². The van der Waals surface area contributed by atoms with Gasteiger partial charge in [-0.3, -0.25) is 4.79 Å². The molecule has 4 N–H and O–H groups in total. The van der Waals surface area contributed by atoms with Gasteiger partial charge < -0.3 is 24.8 Å². The second-order valence-electron chi connectivity index (χ2n) is 8.33. The van der Waals surface area contributed by atoms with Crippen molar-refractivity contribution in [3.05, 3.63) is 55.6 Å². The number of aromatic hydroxyl groups is 4. The van der Waals surface area contributed by atoms with E-state index in [0.29, 0.717) is 24.2 Å². The lowest BCUT2D eigenvalue weighted by atomic mass is 9.88. The maximum atomic E-state index is 12.9. The van der Waals surface area contributed by atoms with Gasteiger partial charge >= 0.3 is 5.63 Å². The van der Waals surface area contributed by atoms with E-state index in [1.54, 1.807) is 26.8 Å². The Morgan fingerprint density at radius 2 is 1.56 bits per heavy atom. The zero-order chi connectivity index (χ0) is 24.3. The predicted molar refractivity (Wildman–Crippen MR) is 122 cm³/mol. The summed E-state index contributed by atoms with van der Waals surface area (Å²) in [6, 6.07) is 0. The van der Waals surface area contributed by atoms with Gasteiger partial charge in [0.25, 0.3) is 0 Å². The quantitative estimate of drug-likeness (QED) is 0.344. The fourth-order valence-corrected chi connectivity index (χ4v) is 3.53. The van der Waals surface area contributed by atoms with E-state index >= 15 is 0 Å². The molecule has 0 fully saturated rings. The molecule has 1 aromatic carbocycles. The monoisotopic (exact) mass is 444 g/mol. The molecule has 0 aliphatic heterocycles. The Balaban J connectivity index is 2.82. The van der Waals surface area contributed by atoms with Crippen molar-refractivity contribution < 1.29 is 29.6 Å². The van der Waals surface area contributed by atoms with Gasteiger partial charge in [0.15, 0.2) is 5.78 Å². The van der Waals surface area contributed by atoms with Crippen LogP contribution >= 0.6 is 0 Å². The predicted octanol–water partition coefficient (Wildman–Crippen LogP) is 4.66. The summed E-state index contributed by atoms with van der Waals surface area (Å²) in [5.41, 5.74) is 0.0192. The van der Waals surface area contributed by atoms with Crippen LogP contribution in [0.3, 0.4) is 0 Å². The first kappa shape index (κ1) is 25.0. The van der Waals surface area contributed by atoms with Crippen molar-refractivity contribution in [3.8, 4) is 23.0 Å². The first-order valence-corrected chi connectivity index (χ1v) is 10.8. The largest absolute Gasteiger partial charge is 0.507 e. The maximum Gasteiger partial charge on any atom is 0.343 e. The van der Waals surface area contributed by atoms with Crippen LogP contribution in [-0.2, 0) is 19.3 Å². The summed E-state index contributed by atoms with van der Waals surface area (Å²) in [6.45, 7) is 10.6. The molecule has 0 amide bonds. The molecular weight excluding hydrogens is 412 g/mol. The van der Waals surface area contributed by atoms with Gasteiger partial charge in [0.1, 0.15) is 34.3 Å². The molecule has 0 bridgehead atoms. The Labute approximate surface area is 187 Å². The summed E-state index contributed by atoms with van der Waals surface area (Å²) in [7, 11) is 0. The molecular formula is C25H32O7. The highest BCUT2D eigenvalue weighted by atomic mass is 16.4. The van der Waals surface area contributed by atoms with Crippen LogP contribution in [-0.4, -0.2) is 26.2 Å². The minimum Gasteiger partial charge on any atom is -0.507 e. The van der Waals surface area contributed by atoms with E-state index in [9.17, 15) is 30.0 Å². The lowest BCUT2D eigenvalue weighted by Gasteiger charge is -2.19. The van der Waals surface area contributed by atoms with E-state index < -0.39 is 34.6 Å². The molecule has 0 saturated heterocycles. The number of hydrogen-bond donors (Lipinski definition) is 4. The van der Waals surface area contributed by atoms with E-state index in [-0.39, 0.29) is 40.8 Å². The van der Waals surface area contributed by atoms with Crippen molar-refractivity contribution >= 4 is 5.78 Å². The molecule has 0 saturated carbocycles. The average Bonchev–Trinajstić information content (AvgIpc) is 2.74. The average molecular weight is 445 g/mol. The van der Waals surface area contributed by atoms with E-state index in [2.05, 4.69) is 0 Å². The molecule has 2 rings (SSSR count). The summed E-state index contributed by atoms with van der Waals surface area (Å²) in [4.78, 5) is 25.5. The molecule has 2 aromatic rings. The SMILES string of the molecule is CCc1oc(=O)c(Cc2c(O)c(CC=C(C)C)c(O)c(C(=O)[C@@H](C)CC)c2O)c(O)c1C. The number of Topliss-reactive ketones (excluding diaryl/α,β-unsaturated/α-hetero) is 1. The number of aryl methyl sites for hydroxylation is 1. The number of carbonyl (C=O) groups is 1. The first-order valence-electron chi connectivity index (χ1n) is 10.8. The number of allylic oxidation sites excluding steroid dienone is 2. The third-order valence-corrected chi connectivity index (χ3v) is 5.83. The van der Waals surface area contributed by atoms with Crippen molar-refractivity contribution in [1.82, 2.24) is 0 Å². The summed E-state index contributed by atoms with van der Waals surface area (Å²) < 4.78 is 5.28. The van der Waals surface area contributed by atoms with Crippen LogP contribution in [0.25, 0.3) is 0 Å². The van der Waals surface area contributed by atoms with Gasteiger partial charge in [-0.15, -0.1) is 0 Å². The molecule has 32 heavy (non-hydrogen) atoms. The van der Waals surface area contributed by atoms with E-state index in [1.807, 2.05) is 20.8 Å². The Morgan fingerprint density at radius 3 is 2.09 bits per heavy atom. The van der Waals surface area contributed by atoms with Gasteiger partial charge in [-0.25, -0.2) is 4.79 Å². The van der Waals surface area contributed by atoms with Crippen molar-refractivity contribution in [2.24, 2.45) is 5.92 Å². The number of ketones is 1. The van der Waals surface area contributed by atoms with Crippen LogP contribution in [0.15, 0.2) is 20.9 Å². The third kappa shape index (κ3) is 4.66. The molecule has 0 radical (unpaired) electrons. The number of phenolic OH excluding ortho intramolecular Hbond substituents is 3. The highest BCUT2D eigenvalue weighted by Gasteiger charge is 2.30. The Hall–Kier alpha value is -3.22. The molecule has 7 heteroatoms. The second kappa shape index (κ2) is 9.94. The van der Waals surface area contributed by atoms with Crippen molar-refractivity contribution in [1.29, 1.82) is 0 Å². The number of hydrogen-bond acceptors (Lipinski definition) is 7. The van der Waals surface area contributed by atoms with Gasteiger partial charge in [-0.05, 0) is 33.6 Å². The fourth-order valence-electron chi connectivity index (χ4n) is 3.53. The molecule has 0 aliphatic carbocycles. The molecule has 174 valence electrons. The molecule has 1 atom stereocenters. The molecule has 0 spiro atoms. The molecule has 7 nitrogen and oxygen atoms in total. The van der Waals surface area contributed by atoms with Crippen LogP contribution in [0.4, 0.5) is 0 Å². The van der Waals surface area contributed by atoms with Gasteiger partial charge in [0.05, 0.1) is 5.56 Å². The molecule has 0 unspecified atom stereocenters. The Bertz CT molecular complexity index is 1120. The van der Waals surface area contributed by atoms with Crippen LogP contribution in [0.5, 0.6) is 23.0 Å². The van der Waals surface area contributed by atoms with Gasteiger partial charge in [0.2, 0.25) is 0 Å². The molecule has 0 aliphatic rings. The van der Waals surface area contributed by atoms with Crippen LogP contribution in [0, 0.1) is 12.8 Å². The summed E-state index contributed by atoms with van der Waals surface area (Å²) in [5, 5.41) is 43.2. The first-order chi connectivity index (χ1) is 15.0.